The van der Waals surface area contributed by atoms with Gasteiger partial charge in [0.1, 0.15) is 5.82 Å². The molecule has 88 valence electrons. The normalized spacial score (nSPS) is 30.3. The minimum atomic E-state index is -0.471. The molecule has 2 rings (SSSR count). The molecular weight excluding hydrogens is 211 g/mol. The van der Waals surface area contributed by atoms with Gasteiger partial charge in [0.05, 0.1) is 24.9 Å². The highest BCUT2D eigenvalue weighted by atomic mass is 19.1. The number of rotatable bonds is 2. The largest absolute Gasteiger partial charge is 0.394 e. The summed E-state index contributed by atoms with van der Waals surface area (Å²) in [6, 6.07) is 6.03. The number of ether oxygens (including phenoxy) is 1. The van der Waals surface area contributed by atoms with Gasteiger partial charge in [-0.05, 0) is 17.7 Å². The molecule has 0 aliphatic carbocycles. The van der Waals surface area contributed by atoms with E-state index in [0.29, 0.717) is 12.8 Å². The van der Waals surface area contributed by atoms with Crippen LogP contribution in [0.3, 0.4) is 0 Å². The first-order valence-corrected chi connectivity index (χ1v) is 5.39. The Labute approximate surface area is 93.5 Å². The first kappa shape index (κ1) is 11.5. The molecule has 3 atom stereocenters. The van der Waals surface area contributed by atoms with E-state index in [1.165, 1.54) is 12.1 Å². The van der Waals surface area contributed by atoms with Crippen LogP contribution in [0.15, 0.2) is 24.3 Å². The lowest BCUT2D eigenvalue weighted by atomic mass is 9.96. The van der Waals surface area contributed by atoms with E-state index in [2.05, 4.69) is 0 Å². The van der Waals surface area contributed by atoms with E-state index in [4.69, 9.17) is 9.84 Å². The third-order valence-electron chi connectivity index (χ3n) is 2.82. The monoisotopic (exact) mass is 226 g/mol. The van der Waals surface area contributed by atoms with Crippen LogP contribution in [0.4, 0.5) is 4.39 Å². The summed E-state index contributed by atoms with van der Waals surface area (Å²) in [5, 5.41) is 18.7. The predicted molar refractivity (Wildman–Crippen MR) is 56.3 cm³/mol. The molecule has 4 heteroatoms. The Morgan fingerprint density at radius 3 is 2.56 bits per heavy atom. The van der Waals surface area contributed by atoms with Crippen molar-refractivity contribution < 1.29 is 19.3 Å². The smallest absolute Gasteiger partial charge is 0.123 e. The fraction of sp³-hybridized carbons (Fsp3) is 0.500. The van der Waals surface area contributed by atoms with Crippen LogP contribution in [0.1, 0.15) is 24.5 Å². The standard InChI is InChI=1S/C12H15FO3/c13-9-3-1-8(2-4-9)12-6-10(15)5-11(7-14)16-12/h1-4,10-12,14-15H,5-7H2. The van der Waals surface area contributed by atoms with E-state index in [1.807, 2.05) is 0 Å². The minimum absolute atomic E-state index is 0.102. The molecule has 0 radical (unpaired) electrons. The second-order valence-electron chi connectivity index (χ2n) is 4.11. The highest BCUT2D eigenvalue weighted by molar-refractivity contribution is 5.19. The van der Waals surface area contributed by atoms with Crippen molar-refractivity contribution in [2.24, 2.45) is 0 Å². The molecule has 0 amide bonds. The highest BCUT2D eigenvalue weighted by Gasteiger charge is 2.28. The Balaban J connectivity index is 2.11. The van der Waals surface area contributed by atoms with Crippen LogP contribution in [0.2, 0.25) is 0 Å². The molecule has 3 nitrogen and oxygen atoms in total. The van der Waals surface area contributed by atoms with Crippen LogP contribution < -0.4 is 0 Å². The van der Waals surface area contributed by atoms with Gasteiger partial charge in [-0.2, -0.15) is 0 Å². The van der Waals surface area contributed by atoms with Crippen molar-refractivity contribution >= 4 is 0 Å². The summed E-state index contributed by atoms with van der Waals surface area (Å²) in [4.78, 5) is 0. The minimum Gasteiger partial charge on any atom is -0.394 e. The summed E-state index contributed by atoms with van der Waals surface area (Å²) < 4.78 is 18.3. The molecule has 0 spiro atoms. The molecule has 1 saturated heterocycles. The Bertz CT molecular complexity index is 339. The second kappa shape index (κ2) is 4.91. The third-order valence-corrected chi connectivity index (χ3v) is 2.82. The van der Waals surface area contributed by atoms with Crippen LogP contribution in [-0.4, -0.2) is 29.0 Å². The van der Waals surface area contributed by atoms with Gasteiger partial charge in [-0.3, -0.25) is 0 Å². The summed E-state index contributed by atoms with van der Waals surface area (Å²) in [7, 11) is 0. The molecular formula is C12H15FO3. The van der Waals surface area contributed by atoms with Crippen molar-refractivity contribution in [3.63, 3.8) is 0 Å². The maximum absolute atomic E-state index is 12.7. The Morgan fingerprint density at radius 2 is 1.94 bits per heavy atom. The van der Waals surface area contributed by atoms with Crippen LogP contribution in [0.25, 0.3) is 0 Å². The van der Waals surface area contributed by atoms with Gasteiger partial charge in [-0.25, -0.2) is 4.39 Å². The molecule has 2 N–H and O–H groups in total. The van der Waals surface area contributed by atoms with Gasteiger partial charge < -0.3 is 14.9 Å². The molecule has 0 aromatic heterocycles. The highest BCUT2D eigenvalue weighted by Crippen LogP contribution is 2.31. The van der Waals surface area contributed by atoms with Crippen LogP contribution in [0.5, 0.6) is 0 Å². The molecule has 0 saturated carbocycles. The molecule has 1 aliphatic rings. The van der Waals surface area contributed by atoms with Crippen molar-refractivity contribution in [1.29, 1.82) is 0 Å². The first-order valence-electron chi connectivity index (χ1n) is 5.39. The average Bonchev–Trinajstić information content (AvgIpc) is 2.29. The Hall–Kier alpha value is -0.970. The topological polar surface area (TPSA) is 49.7 Å². The molecule has 16 heavy (non-hydrogen) atoms. The van der Waals surface area contributed by atoms with Crippen molar-refractivity contribution in [1.82, 2.24) is 0 Å². The van der Waals surface area contributed by atoms with Gasteiger partial charge in [-0.1, -0.05) is 12.1 Å². The summed E-state index contributed by atoms with van der Waals surface area (Å²) >= 11 is 0. The number of halogens is 1. The predicted octanol–water partition coefficient (Wildman–Crippen LogP) is 1.40. The average molecular weight is 226 g/mol. The van der Waals surface area contributed by atoms with E-state index in [0.717, 1.165) is 5.56 Å². The number of hydrogen-bond donors (Lipinski definition) is 2. The lowest BCUT2D eigenvalue weighted by molar-refractivity contribution is -0.113. The van der Waals surface area contributed by atoms with Crippen LogP contribution in [-0.2, 0) is 4.74 Å². The summed E-state index contributed by atoms with van der Waals surface area (Å²) in [6.45, 7) is -0.102. The molecule has 0 bridgehead atoms. The number of hydrogen-bond acceptors (Lipinski definition) is 3. The van der Waals surface area contributed by atoms with E-state index in [-0.39, 0.29) is 24.6 Å². The Morgan fingerprint density at radius 1 is 1.25 bits per heavy atom. The number of aliphatic hydroxyl groups excluding tert-OH is 2. The lowest BCUT2D eigenvalue weighted by Crippen LogP contribution is -2.33. The maximum atomic E-state index is 12.7. The zero-order valence-electron chi connectivity index (χ0n) is 8.84. The van der Waals surface area contributed by atoms with Gasteiger partial charge in [0.2, 0.25) is 0 Å². The summed E-state index contributed by atoms with van der Waals surface area (Å²) in [5.74, 6) is -0.293. The molecule has 3 unspecified atom stereocenters. The molecule has 1 fully saturated rings. The van der Waals surface area contributed by atoms with Crippen LogP contribution >= 0.6 is 0 Å². The van der Waals surface area contributed by atoms with Gasteiger partial charge in [0.15, 0.2) is 0 Å². The van der Waals surface area contributed by atoms with E-state index < -0.39 is 6.10 Å². The van der Waals surface area contributed by atoms with E-state index in [1.54, 1.807) is 12.1 Å². The fourth-order valence-corrected chi connectivity index (χ4v) is 2.00. The van der Waals surface area contributed by atoms with Crippen molar-refractivity contribution in [3.05, 3.63) is 35.6 Å². The fourth-order valence-electron chi connectivity index (χ4n) is 2.00. The molecule has 1 aromatic rings. The zero-order valence-corrected chi connectivity index (χ0v) is 8.84. The van der Waals surface area contributed by atoms with Gasteiger partial charge in [-0.15, -0.1) is 0 Å². The lowest BCUT2D eigenvalue weighted by Gasteiger charge is -2.32. The number of benzene rings is 1. The van der Waals surface area contributed by atoms with E-state index in [9.17, 15) is 9.50 Å². The van der Waals surface area contributed by atoms with Gasteiger partial charge in [0, 0.05) is 12.8 Å². The van der Waals surface area contributed by atoms with Crippen molar-refractivity contribution in [2.45, 2.75) is 31.2 Å². The van der Waals surface area contributed by atoms with Crippen molar-refractivity contribution in [3.8, 4) is 0 Å². The summed E-state index contributed by atoms with van der Waals surface area (Å²) in [5.41, 5.74) is 0.832. The SMILES string of the molecule is OCC1CC(O)CC(c2ccc(F)cc2)O1. The van der Waals surface area contributed by atoms with E-state index >= 15 is 0 Å². The zero-order chi connectivity index (χ0) is 11.5. The quantitative estimate of drug-likeness (QED) is 0.801. The maximum Gasteiger partial charge on any atom is 0.123 e. The Kier molecular flexibility index (Phi) is 3.53. The second-order valence-corrected chi connectivity index (χ2v) is 4.11. The van der Waals surface area contributed by atoms with Crippen molar-refractivity contribution in [2.75, 3.05) is 6.61 Å². The van der Waals surface area contributed by atoms with Gasteiger partial charge in [0.25, 0.3) is 0 Å². The molecule has 1 aliphatic heterocycles. The number of aliphatic hydroxyl groups is 2. The molecule has 1 heterocycles. The van der Waals surface area contributed by atoms with Crippen LogP contribution in [0, 0.1) is 5.82 Å². The summed E-state index contributed by atoms with van der Waals surface area (Å²) in [6.07, 6.45) is -0.127. The third kappa shape index (κ3) is 2.58. The molecule has 1 aromatic carbocycles. The first-order chi connectivity index (χ1) is 7.69. The van der Waals surface area contributed by atoms with Gasteiger partial charge >= 0.3 is 0 Å².